The standard InChI is InChI=1S/C15H19N3O3/c1-11-10-14(21-18-11)17-15(20)16-13(8-5-9-19)12-6-3-2-4-7-12/h2-4,6-7,10,13,19H,5,8-9H2,1H3,(H2,16,17,20). The predicted octanol–water partition coefficient (Wildman–Crippen LogP) is 2.62. The van der Waals surface area contributed by atoms with Crippen LogP contribution in [0.1, 0.15) is 30.1 Å². The second kappa shape index (κ2) is 7.44. The number of rotatable bonds is 6. The summed E-state index contributed by atoms with van der Waals surface area (Å²) >= 11 is 0. The molecule has 0 bridgehead atoms. The number of aliphatic hydroxyl groups excluding tert-OH is 1. The normalized spacial score (nSPS) is 11.9. The largest absolute Gasteiger partial charge is 0.396 e. The Morgan fingerprint density at radius 2 is 2.14 bits per heavy atom. The molecule has 0 radical (unpaired) electrons. The third kappa shape index (κ3) is 4.61. The van der Waals surface area contributed by atoms with E-state index in [0.717, 1.165) is 5.56 Å². The summed E-state index contributed by atoms with van der Waals surface area (Å²) in [5, 5.41) is 18.2. The van der Waals surface area contributed by atoms with Crippen molar-refractivity contribution in [2.45, 2.75) is 25.8 Å². The minimum absolute atomic E-state index is 0.0912. The molecule has 2 aromatic rings. The Morgan fingerprint density at radius 3 is 2.76 bits per heavy atom. The van der Waals surface area contributed by atoms with E-state index in [4.69, 9.17) is 9.63 Å². The number of benzene rings is 1. The van der Waals surface area contributed by atoms with Crippen LogP contribution in [0.5, 0.6) is 0 Å². The van der Waals surface area contributed by atoms with Gasteiger partial charge in [0.2, 0.25) is 5.88 Å². The number of hydrogen-bond acceptors (Lipinski definition) is 4. The maximum Gasteiger partial charge on any atom is 0.322 e. The molecule has 0 aliphatic carbocycles. The Balaban J connectivity index is 1.99. The second-order valence-corrected chi connectivity index (χ2v) is 4.76. The molecule has 0 spiro atoms. The Bertz CT molecular complexity index is 569. The van der Waals surface area contributed by atoms with Crippen molar-refractivity contribution in [1.82, 2.24) is 10.5 Å². The number of carbonyl (C=O) groups excluding carboxylic acids is 1. The zero-order valence-corrected chi connectivity index (χ0v) is 11.9. The molecule has 1 aromatic heterocycles. The Labute approximate surface area is 123 Å². The van der Waals surface area contributed by atoms with Crippen molar-refractivity contribution in [2.75, 3.05) is 11.9 Å². The molecule has 112 valence electrons. The second-order valence-electron chi connectivity index (χ2n) is 4.76. The van der Waals surface area contributed by atoms with Crippen LogP contribution in [0.3, 0.4) is 0 Å². The fraction of sp³-hybridized carbons (Fsp3) is 0.333. The first-order valence-corrected chi connectivity index (χ1v) is 6.85. The molecule has 1 aromatic carbocycles. The molecule has 1 atom stereocenters. The van der Waals surface area contributed by atoms with Gasteiger partial charge in [-0.1, -0.05) is 35.5 Å². The van der Waals surface area contributed by atoms with Crippen LogP contribution < -0.4 is 10.6 Å². The molecule has 0 aliphatic rings. The molecule has 2 amide bonds. The number of nitrogens with one attached hydrogen (secondary N) is 2. The lowest BCUT2D eigenvalue weighted by atomic mass is 10.0. The molecule has 6 nitrogen and oxygen atoms in total. The topological polar surface area (TPSA) is 87.4 Å². The van der Waals surface area contributed by atoms with E-state index in [1.165, 1.54) is 0 Å². The average molecular weight is 289 g/mol. The van der Waals surface area contributed by atoms with E-state index in [1.807, 2.05) is 30.3 Å². The van der Waals surface area contributed by atoms with Gasteiger partial charge in [0.25, 0.3) is 0 Å². The van der Waals surface area contributed by atoms with E-state index < -0.39 is 0 Å². The Hall–Kier alpha value is -2.34. The highest BCUT2D eigenvalue weighted by Crippen LogP contribution is 2.18. The van der Waals surface area contributed by atoms with E-state index in [2.05, 4.69) is 15.8 Å². The van der Waals surface area contributed by atoms with Crippen molar-refractivity contribution < 1.29 is 14.4 Å². The van der Waals surface area contributed by atoms with Gasteiger partial charge in [-0.2, -0.15) is 0 Å². The van der Waals surface area contributed by atoms with Crippen LogP contribution in [0, 0.1) is 6.92 Å². The quantitative estimate of drug-likeness (QED) is 0.763. The fourth-order valence-electron chi connectivity index (χ4n) is 2.03. The fourth-order valence-corrected chi connectivity index (χ4v) is 2.03. The number of urea groups is 1. The maximum absolute atomic E-state index is 12.0. The number of nitrogens with zero attached hydrogens (tertiary/aromatic N) is 1. The molecule has 2 rings (SSSR count). The van der Waals surface area contributed by atoms with Crippen molar-refractivity contribution in [2.24, 2.45) is 0 Å². The molecule has 6 heteroatoms. The number of hydrogen-bond donors (Lipinski definition) is 3. The summed E-state index contributed by atoms with van der Waals surface area (Å²) in [7, 11) is 0. The summed E-state index contributed by atoms with van der Waals surface area (Å²) in [5.41, 5.74) is 1.69. The SMILES string of the molecule is Cc1cc(NC(=O)NC(CCCO)c2ccccc2)on1. The van der Waals surface area contributed by atoms with Gasteiger partial charge >= 0.3 is 6.03 Å². The van der Waals surface area contributed by atoms with E-state index in [0.29, 0.717) is 24.4 Å². The van der Waals surface area contributed by atoms with Crippen molar-refractivity contribution in [3.8, 4) is 0 Å². The maximum atomic E-state index is 12.0. The van der Waals surface area contributed by atoms with Crippen LogP contribution in [0.25, 0.3) is 0 Å². The third-order valence-corrected chi connectivity index (χ3v) is 3.02. The molecule has 21 heavy (non-hydrogen) atoms. The van der Waals surface area contributed by atoms with Gasteiger partial charge in [-0.05, 0) is 25.3 Å². The van der Waals surface area contributed by atoms with Gasteiger partial charge in [-0.3, -0.25) is 5.32 Å². The summed E-state index contributed by atoms with van der Waals surface area (Å²) < 4.78 is 4.94. The van der Waals surface area contributed by atoms with Crippen LogP contribution in [-0.4, -0.2) is 22.9 Å². The van der Waals surface area contributed by atoms with Crippen LogP contribution in [-0.2, 0) is 0 Å². The minimum Gasteiger partial charge on any atom is -0.396 e. The molecular weight excluding hydrogens is 270 g/mol. The first kappa shape index (κ1) is 15.1. The number of aryl methyl sites for hydroxylation is 1. The number of amides is 2. The first-order valence-electron chi connectivity index (χ1n) is 6.85. The van der Waals surface area contributed by atoms with Crippen LogP contribution in [0.15, 0.2) is 40.9 Å². The van der Waals surface area contributed by atoms with Gasteiger partial charge < -0.3 is 14.9 Å². The van der Waals surface area contributed by atoms with Gasteiger partial charge in [0.1, 0.15) is 0 Å². The van der Waals surface area contributed by atoms with Crippen molar-refractivity contribution >= 4 is 11.9 Å². The summed E-state index contributed by atoms with van der Waals surface area (Å²) in [5.74, 6) is 0.305. The number of carbonyl (C=O) groups is 1. The number of anilines is 1. The molecule has 1 unspecified atom stereocenters. The highest BCUT2D eigenvalue weighted by atomic mass is 16.5. The van der Waals surface area contributed by atoms with Gasteiger partial charge in [-0.25, -0.2) is 4.79 Å². The number of aromatic nitrogens is 1. The molecule has 3 N–H and O–H groups in total. The lowest BCUT2D eigenvalue weighted by Crippen LogP contribution is -2.32. The third-order valence-electron chi connectivity index (χ3n) is 3.02. The lowest BCUT2D eigenvalue weighted by Gasteiger charge is -2.18. The predicted molar refractivity (Wildman–Crippen MR) is 78.9 cm³/mol. The van der Waals surface area contributed by atoms with E-state index >= 15 is 0 Å². The monoisotopic (exact) mass is 289 g/mol. The zero-order valence-electron chi connectivity index (χ0n) is 11.9. The smallest absolute Gasteiger partial charge is 0.322 e. The van der Waals surface area contributed by atoms with Crippen molar-refractivity contribution in [3.63, 3.8) is 0 Å². The van der Waals surface area contributed by atoms with Crippen LogP contribution in [0.2, 0.25) is 0 Å². The van der Waals surface area contributed by atoms with Crippen LogP contribution >= 0.6 is 0 Å². The molecule has 1 heterocycles. The van der Waals surface area contributed by atoms with Gasteiger partial charge in [0, 0.05) is 12.7 Å². The molecule has 0 saturated carbocycles. The van der Waals surface area contributed by atoms with Gasteiger partial charge in [-0.15, -0.1) is 0 Å². The van der Waals surface area contributed by atoms with Crippen molar-refractivity contribution in [1.29, 1.82) is 0 Å². The summed E-state index contributed by atoms with van der Waals surface area (Å²) in [6.07, 6.45) is 1.27. The molecule has 0 fully saturated rings. The minimum atomic E-state index is -0.363. The Kier molecular flexibility index (Phi) is 5.34. The summed E-state index contributed by atoms with van der Waals surface area (Å²) in [6.45, 7) is 1.87. The van der Waals surface area contributed by atoms with E-state index in [1.54, 1.807) is 13.0 Å². The summed E-state index contributed by atoms with van der Waals surface area (Å²) in [6, 6.07) is 10.8. The van der Waals surface area contributed by atoms with Crippen molar-refractivity contribution in [3.05, 3.63) is 47.7 Å². The lowest BCUT2D eigenvalue weighted by molar-refractivity contribution is 0.243. The molecule has 0 aliphatic heterocycles. The highest BCUT2D eigenvalue weighted by Gasteiger charge is 2.15. The molecular formula is C15H19N3O3. The molecule has 0 saturated heterocycles. The summed E-state index contributed by atoms with van der Waals surface area (Å²) in [4.78, 5) is 12.0. The zero-order chi connectivity index (χ0) is 15.1. The van der Waals surface area contributed by atoms with Crippen LogP contribution in [0.4, 0.5) is 10.7 Å². The first-order chi connectivity index (χ1) is 10.2. The number of aliphatic hydroxyl groups is 1. The van der Waals surface area contributed by atoms with E-state index in [-0.39, 0.29) is 18.7 Å². The van der Waals surface area contributed by atoms with Gasteiger partial charge in [0.15, 0.2) is 0 Å². The Morgan fingerprint density at radius 1 is 1.38 bits per heavy atom. The van der Waals surface area contributed by atoms with E-state index in [9.17, 15) is 4.79 Å². The highest BCUT2D eigenvalue weighted by molar-refractivity contribution is 5.88. The average Bonchev–Trinajstić information content (AvgIpc) is 2.89. The van der Waals surface area contributed by atoms with Gasteiger partial charge in [0.05, 0.1) is 11.7 Å².